The van der Waals surface area contributed by atoms with Crippen LogP contribution in [0.15, 0.2) is 47.4 Å². The van der Waals surface area contributed by atoms with E-state index in [0.717, 1.165) is 12.0 Å². The molecule has 156 valence electrons. The molecule has 0 spiro atoms. The number of nitrogens with one attached hydrogen (secondary N) is 1. The van der Waals surface area contributed by atoms with Gasteiger partial charge in [0.15, 0.2) is 0 Å². The van der Waals surface area contributed by atoms with E-state index in [4.69, 9.17) is 16.3 Å². The van der Waals surface area contributed by atoms with Crippen molar-refractivity contribution >= 4 is 27.5 Å². The smallest absolute Gasteiger partial charge is 0.253 e. The van der Waals surface area contributed by atoms with Gasteiger partial charge in [-0.05, 0) is 42.7 Å². The molecule has 0 saturated carbocycles. The van der Waals surface area contributed by atoms with Crippen molar-refractivity contribution in [3.63, 3.8) is 0 Å². The van der Waals surface area contributed by atoms with Gasteiger partial charge in [0, 0.05) is 13.1 Å². The summed E-state index contributed by atoms with van der Waals surface area (Å²) in [5.41, 5.74) is 2.32. The first-order chi connectivity index (χ1) is 13.8. The lowest BCUT2D eigenvalue weighted by Crippen LogP contribution is -2.40. The summed E-state index contributed by atoms with van der Waals surface area (Å²) in [7, 11) is -3.71. The minimum Gasteiger partial charge on any atom is -0.379 e. The average molecular weight is 437 g/mol. The third kappa shape index (κ3) is 4.98. The van der Waals surface area contributed by atoms with Gasteiger partial charge < -0.3 is 10.1 Å². The lowest BCUT2D eigenvalue weighted by molar-refractivity contribution is 0.0730. The van der Waals surface area contributed by atoms with Gasteiger partial charge in [-0.2, -0.15) is 4.31 Å². The summed E-state index contributed by atoms with van der Waals surface area (Å²) in [5, 5.41) is 3.10. The third-order valence-electron chi connectivity index (χ3n) is 5.03. The van der Waals surface area contributed by atoms with Crippen LogP contribution in [0.25, 0.3) is 0 Å². The van der Waals surface area contributed by atoms with Crippen LogP contribution in [0.5, 0.6) is 0 Å². The molecule has 6 nitrogen and oxygen atoms in total. The predicted octanol–water partition coefficient (Wildman–Crippen LogP) is 3.41. The molecule has 29 heavy (non-hydrogen) atoms. The average Bonchev–Trinajstić information content (AvgIpc) is 2.74. The Kier molecular flexibility index (Phi) is 6.95. The lowest BCUT2D eigenvalue weighted by Gasteiger charge is -2.26. The number of aryl methyl sites for hydroxylation is 1. The number of benzene rings is 2. The molecule has 1 fully saturated rings. The molecule has 1 atom stereocenters. The summed E-state index contributed by atoms with van der Waals surface area (Å²) in [6.07, 6.45) is 0.945. The number of hydrogen-bond acceptors (Lipinski definition) is 4. The maximum atomic E-state index is 12.9. The van der Waals surface area contributed by atoms with Crippen molar-refractivity contribution in [1.82, 2.24) is 9.62 Å². The molecule has 1 aliphatic heterocycles. The van der Waals surface area contributed by atoms with E-state index in [1.54, 1.807) is 0 Å². The van der Waals surface area contributed by atoms with Gasteiger partial charge >= 0.3 is 0 Å². The number of halogens is 1. The fourth-order valence-corrected chi connectivity index (χ4v) is 4.81. The number of rotatable bonds is 6. The predicted molar refractivity (Wildman–Crippen MR) is 113 cm³/mol. The molecule has 0 radical (unpaired) electrons. The summed E-state index contributed by atoms with van der Waals surface area (Å²) in [6.45, 7) is 5.25. The van der Waals surface area contributed by atoms with Gasteiger partial charge in [-0.25, -0.2) is 8.42 Å². The van der Waals surface area contributed by atoms with E-state index in [0.29, 0.717) is 13.2 Å². The Balaban J connectivity index is 1.80. The molecule has 3 rings (SSSR count). The number of carbonyl (C=O) groups is 1. The standard InChI is InChI=1S/C21H25ClN2O4S/c1-3-16-4-6-17(7-5-16)15(2)23-21(25)19-14-18(8-9-20(19)22)29(26,27)24-10-12-28-13-11-24/h4-9,14-15H,3,10-13H2,1-2H3,(H,23,25). The zero-order valence-corrected chi connectivity index (χ0v) is 18.1. The van der Waals surface area contributed by atoms with Crippen LogP contribution in [0, 0.1) is 0 Å². The second-order valence-electron chi connectivity index (χ2n) is 6.95. The molecule has 1 aliphatic rings. The normalized spacial score (nSPS) is 16.4. The number of sulfonamides is 1. The van der Waals surface area contributed by atoms with E-state index < -0.39 is 15.9 Å². The first-order valence-corrected chi connectivity index (χ1v) is 11.4. The first kappa shape index (κ1) is 21.8. The molecule has 0 aromatic heterocycles. The van der Waals surface area contributed by atoms with Crippen LogP contribution in [0.1, 0.15) is 41.4 Å². The Morgan fingerprint density at radius 1 is 1.17 bits per heavy atom. The lowest BCUT2D eigenvalue weighted by atomic mass is 10.0. The Morgan fingerprint density at radius 3 is 2.45 bits per heavy atom. The molecule has 2 aromatic carbocycles. The van der Waals surface area contributed by atoms with E-state index in [1.807, 2.05) is 31.2 Å². The maximum absolute atomic E-state index is 12.9. The van der Waals surface area contributed by atoms with Gasteiger partial charge in [0.2, 0.25) is 10.0 Å². The molecule has 0 aliphatic carbocycles. The van der Waals surface area contributed by atoms with E-state index in [1.165, 1.54) is 28.1 Å². The van der Waals surface area contributed by atoms with Gasteiger partial charge in [-0.15, -0.1) is 0 Å². The fourth-order valence-electron chi connectivity index (χ4n) is 3.17. The number of ether oxygens (including phenoxy) is 1. The summed E-state index contributed by atoms with van der Waals surface area (Å²) in [4.78, 5) is 12.9. The molecule has 0 bridgehead atoms. The highest BCUT2D eigenvalue weighted by atomic mass is 35.5. The van der Waals surface area contributed by atoms with Gasteiger partial charge in [0.1, 0.15) is 0 Å². The Morgan fingerprint density at radius 2 is 1.83 bits per heavy atom. The van der Waals surface area contributed by atoms with Gasteiger partial charge in [0.25, 0.3) is 5.91 Å². The van der Waals surface area contributed by atoms with Crippen LogP contribution < -0.4 is 5.32 Å². The highest BCUT2D eigenvalue weighted by Crippen LogP contribution is 2.24. The van der Waals surface area contributed by atoms with Crippen molar-refractivity contribution in [2.45, 2.75) is 31.2 Å². The topological polar surface area (TPSA) is 75.7 Å². The molecule has 1 unspecified atom stereocenters. The monoisotopic (exact) mass is 436 g/mol. The Bertz CT molecular complexity index is 971. The largest absolute Gasteiger partial charge is 0.379 e. The summed E-state index contributed by atoms with van der Waals surface area (Å²) >= 11 is 6.21. The zero-order valence-electron chi connectivity index (χ0n) is 16.5. The number of carbonyl (C=O) groups excluding carboxylic acids is 1. The van der Waals surface area contributed by atoms with Crippen molar-refractivity contribution in [1.29, 1.82) is 0 Å². The van der Waals surface area contributed by atoms with Crippen LogP contribution in [0.3, 0.4) is 0 Å². The molecular formula is C21H25ClN2O4S. The van der Waals surface area contributed by atoms with Crippen LogP contribution in [0.4, 0.5) is 0 Å². The van der Waals surface area contributed by atoms with Gasteiger partial charge in [-0.3, -0.25) is 4.79 Å². The first-order valence-electron chi connectivity index (χ1n) is 9.60. The van der Waals surface area contributed by atoms with Crippen molar-refractivity contribution in [3.05, 3.63) is 64.2 Å². The summed E-state index contributed by atoms with van der Waals surface area (Å²) < 4.78 is 32.3. The van der Waals surface area contributed by atoms with Crippen LogP contribution in [-0.4, -0.2) is 44.9 Å². The highest BCUT2D eigenvalue weighted by molar-refractivity contribution is 7.89. The van der Waals surface area contributed by atoms with Crippen LogP contribution in [-0.2, 0) is 21.2 Å². The molecule has 2 aromatic rings. The molecule has 1 amide bonds. The van der Waals surface area contributed by atoms with Crippen LogP contribution >= 0.6 is 11.6 Å². The zero-order chi connectivity index (χ0) is 21.0. The maximum Gasteiger partial charge on any atom is 0.253 e. The number of morpholine rings is 1. The Labute approximate surface area is 176 Å². The molecule has 1 heterocycles. The number of hydrogen-bond donors (Lipinski definition) is 1. The highest BCUT2D eigenvalue weighted by Gasteiger charge is 2.27. The molecule has 8 heteroatoms. The Hall–Kier alpha value is -1.93. The van der Waals surface area contributed by atoms with Crippen molar-refractivity contribution in [3.8, 4) is 0 Å². The van der Waals surface area contributed by atoms with Gasteiger partial charge in [-0.1, -0.05) is 42.8 Å². The van der Waals surface area contributed by atoms with E-state index in [-0.39, 0.29) is 34.6 Å². The van der Waals surface area contributed by atoms with E-state index in [2.05, 4.69) is 12.2 Å². The molecular weight excluding hydrogens is 412 g/mol. The van der Waals surface area contributed by atoms with E-state index in [9.17, 15) is 13.2 Å². The van der Waals surface area contributed by atoms with E-state index >= 15 is 0 Å². The van der Waals surface area contributed by atoms with Crippen molar-refractivity contribution in [2.24, 2.45) is 0 Å². The molecule has 1 N–H and O–H groups in total. The van der Waals surface area contributed by atoms with Crippen molar-refractivity contribution < 1.29 is 17.9 Å². The third-order valence-corrected chi connectivity index (χ3v) is 7.25. The van der Waals surface area contributed by atoms with Gasteiger partial charge in [0.05, 0.1) is 34.7 Å². The summed E-state index contributed by atoms with van der Waals surface area (Å²) in [6, 6.07) is 12.0. The fraction of sp³-hybridized carbons (Fsp3) is 0.381. The van der Waals surface area contributed by atoms with Crippen molar-refractivity contribution in [2.75, 3.05) is 26.3 Å². The minimum absolute atomic E-state index is 0.0499. The number of nitrogens with zero attached hydrogens (tertiary/aromatic N) is 1. The van der Waals surface area contributed by atoms with Crippen LogP contribution in [0.2, 0.25) is 5.02 Å². The second-order valence-corrected chi connectivity index (χ2v) is 9.29. The minimum atomic E-state index is -3.71. The SMILES string of the molecule is CCc1ccc(C(C)NC(=O)c2cc(S(=O)(=O)N3CCOCC3)ccc2Cl)cc1. The second kappa shape index (κ2) is 9.26. The molecule has 1 saturated heterocycles. The quantitative estimate of drug-likeness (QED) is 0.752. The number of amides is 1. The summed E-state index contributed by atoms with van der Waals surface area (Å²) in [5.74, 6) is -0.416.